The van der Waals surface area contributed by atoms with Crippen molar-refractivity contribution in [3.63, 3.8) is 0 Å². The fraction of sp³-hybridized carbons (Fsp3) is 0.511. The third-order valence-corrected chi connectivity index (χ3v) is 14.1. The number of carbonyl (C=O) groups excluding carboxylic acids is 4. The molecule has 9 rings (SSSR count). The van der Waals surface area contributed by atoms with Crippen molar-refractivity contribution in [3.8, 4) is 5.75 Å². The van der Waals surface area contributed by atoms with Crippen molar-refractivity contribution in [1.82, 2.24) is 35.0 Å². The predicted octanol–water partition coefficient (Wildman–Crippen LogP) is 5.08. The second-order valence-electron chi connectivity index (χ2n) is 18.3. The second kappa shape index (κ2) is 18.4. The highest BCUT2D eigenvalue weighted by Crippen LogP contribution is 2.42. The topological polar surface area (TPSA) is 184 Å². The first-order chi connectivity index (χ1) is 31.7. The molecule has 0 radical (unpaired) electrons. The van der Waals surface area contributed by atoms with Gasteiger partial charge < -0.3 is 39.4 Å². The van der Waals surface area contributed by atoms with Crippen molar-refractivity contribution in [2.75, 3.05) is 61.5 Å². The van der Waals surface area contributed by atoms with Crippen LogP contribution in [-0.4, -0.2) is 125 Å². The largest absolute Gasteiger partial charge is 0.478 e. The number of nitrogens with one attached hydrogen (secondary N) is 3. The molecule has 17 nitrogen and oxygen atoms in total. The Balaban J connectivity index is 0.762. The summed E-state index contributed by atoms with van der Waals surface area (Å²) >= 11 is 6.60. The van der Waals surface area contributed by atoms with Crippen molar-refractivity contribution in [2.24, 2.45) is 0 Å². The molecule has 0 bridgehead atoms. The molecule has 3 atom stereocenters. The summed E-state index contributed by atoms with van der Waals surface area (Å²) in [6, 6.07) is 9.46. The number of hydrogen-bond acceptors (Lipinski definition) is 13. The summed E-state index contributed by atoms with van der Waals surface area (Å²) in [6.07, 6.45) is 5.82. The van der Waals surface area contributed by atoms with Gasteiger partial charge >= 0.3 is 0 Å². The quantitative estimate of drug-likeness (QED) is 0.160. The van der Waals surface area contributed by atoms with E-state index in [2.05, 4.69) is 42.6 Å². The van der Waals surface area contributed by atoms with E-state index in [-0.39, 0.29) is 78.3 Å². The molecule has 4 aromatic rings. The van der Waals surface area contributed by atoms with E-state index in [1.165, 1.54) is 11.9 Å². The Morgan fingerprint density at radius 1 is 1.00 bits per heavy atom. The number of piperidine rings is 2. The molecule has 66 heavy (non-hydrogen) atoms. The molecular formula is C47H56ClFN10O7. The van der Waals surface area contributed by atoms with Crippen LogP contribution < -0.4 is 36.0 Å². The number of piperazine rings is 1. The van der Waals surface area contributed by atoms with Gasteiger partial charge in [0.05, 0.1) is 35.7 Å². The lowest BCUT2D eigenvalue weighted by Gasteiger charge is -2.49. The van der Waals surface area contributed by atoms with Gasteiger partial charge in [-0.25, -0.2) is 9.37 Å². The Hall–Kier alpha value is -5.85. The average molecular weight is 927 g/mol. The molecule has 0 spiro atoms. The smallest absolute Gasteiger partial charge is 0.293 e. The van der Waals surface area contributed by atoms with E-state index >= 15 is 4.39 Å². The summed E-state index contributed by atoms with van der Waals surface area (Å²) in [5.41, 5.74) is 2.16. The van der Waals surface area contributed by atoms with Gasteiger partial charge in [0, 0.05) is 86.5 Å². The Kier molecular flexibility index (Phi) is 12.7. The zero-order valence-corrected chi connectivity index (χ0v) is 38.6. The molecule has 5 aliphatic rings. The monoisotopic (exact) mass is 926 g/mol. The van der Waals surface area contributed by atoms with Crippen LogP contribution in [0.25, 0.3) is 10.9 Å². The number of anilines is 4. The van der Waals surface area contributed by atoms with Gasteiger partial charge in [-0.3, -0.25) is 34.2 Å². The number of rotatable bonds is 12. The molecule has 0 unspecified atom stereocenters. The average Bonchev–Trinajstić information content (AvgIpc) is 3.53. The van der Waals surface area contributed by atoms with Crippen LogP contribution in [0.1, 0.15) is 94.2 Å². The third kappa shape index (κ3) is 8.65. The SMILES string of the molecule is CNC(=O)COc1cc2cc(Nc3nc(N4CCC(OC5CC(N6CCN(c7ccc8c(c7F)[C@H](C)N([C@H]7CCC(=O)NC7=O)C8=O)[C@H](C)C6)C5)CC4)ncc3Cl)ccc2n(C(C)C)c1=O. The van der Waals surface area contributed by atoms with E-state index in [1.807, 2.05) is 32.0 Å². The molecule has 3 saturated heterocycles. The zero-order valence-electron chi connectivity index (χ0n) is 37.8. The van der Waals surface area contributed by atoms with Gasteiger partial charge in [-0.2, -0.15) is 4.98 Å². The second-order valence-corrected chi connectivity index (χ2v) is 18.7. The molecule has 1 saturated carbocycles. The van der Waals surface area contributed by atoms with Gasteiger partial charge in [0.1, 0.15) is 11.1 Å². The lowest BCUT2D eigenvalue weighted by atomic mass is 9.86. The Bertz CT molecular complexity index is 2630. The van der Waals surface area contributed by atoms with E-state index in [0.717, 1.165) is 62.8 Å². The minimum atomic E-state index is -0.811. The minimum Gasteiger partial charge on any atom is -0.478 e. The Morgan fingerprint density at radius 3 is 2.48 bits per heavy atom. The van der Waals surface area contributed by atoms with Crippen LogP contribution >= 0.6 is 11.6 Å². The van der Waals surface area contributed by atoms with E-state index < -0.39 is 23.8 Å². The fourth-order valence-electron chi connectivity index (χ4n) is 10.3. The third-order valence-electron chi connectivity index (χ3n) is 13.8. The fourth-order valence-corrected chi connectivity index (χ4v) is 10.4. The van der Waals surface area contributed by atoms with Gasteiger partial charge in [-0.15, -0.1) is 0 Å². The van der Waals surface area contributed by atoms with Crippen molar-refractivity contribution < 1.29 is 33.0 Å². The van der Waals surface area contributed by atoms with Crippen molar-refractivity contribution in [2.45, 2.75) is 109 Å². The molecule has 1 aliphatic carbocycles. The van der Waals surface area contributed by atoms with Crippen LogP contribution in [0.2, 0.25) is 5.02 Å². The highest BCUT2D eigenvalue weighted by molar-refractivity contribution is 6.33. The van der Waals surface area contributed by atoms with Gasteiger partial charge in [-0.1, -0.05) is 11.6 Å². The molecular weight excluding hydrogens is 871 g/mol. The van der Waals surface area contributed by atoms with Gasteiger partial charge in [0.15, 0.2) is 24.0 Å². The number of imide groups is 1. The summed E-state index contributed by atoms with van der Waals surface area (Å²) in [5.74, 6) is -0.924. The van der Waals surface area contributed by atoms with E-state index in [9.17, 15) is 24.0 Å². The number of pyridine rings is 1. The number of nitrogens with zero attached hydrogens (tertiary/aromatic N) is 7. The number of fused-ring (bicyclic) bond motifs is 2. The number of ether oxygens (including phenoxy) is 2. The lowest BCUT2D eigenvalue weighted by molar-refractivity contribution is -0.137. The number of hydrogen-bond donors (Lipinski definition) is 3. The molecule has 350 valence electrons. The maximum atomic E-state index is 16.4. The highest BCUT2D eigenvalue weighted by Gasteiger charge is 2.46. The summed E-state index contributed by atoms with van der Waals surface area (Å²) < 4.78 is 30.3. The van der Waals surface area contributed by atoms with Crippen molar-refractivity contribution in [3.05, 3.63) is 74.9 Å². The lowest BCUT2D eigenvalue weighted by Crippen LogP contribution is -2.59. The van der Waals surface area contributed by atoms with Gasteiger partial charge in [0.25, 0.3) is 17.4 Å². The molecule has 6 heterocycles. The van der Waals surface area contributed by atoms with Crippen LogP contribution in [0.3, 0.4) is 0 Å². The standard InChI is InChI=1S/C47H56ClFN10O7/c1-25(2)58-35-8-6-29(18-28(35)19-38(46(58)64)65-24-40(61)50-5)52-43-34(48)22-51-47(54-43)55-14-12-31(13-15-55)66-32-20-30(21-32)56-16-17-57(26(3)23-56)36-9-7-33-41(42(36)49)27(4)59(45(33)63)37-10-11-39(60)53-44(37)62/h6-9,18-19,22,25-27,30-32,37H,10-17,20-21,23-24H2,1-5H3,(H,50,61)(H,51,52,54)(H,53,60,62)/t26-,27+,30?,32?,37+/m1/s1. The van der Waals surface area contributed by atoms with Crippen molar-refractivity contribution in [1.29, 1.82) is 0 Å². The minimum absolute atomic E-state index is 0.0356. The molecule has 4 fully saturated rings. The van der Waals surface area contributed by atoms with E-state index in [4.69, 9.17) is 26.1 Å². The predicted molar refractivity (Wildman–Crippen MR) is 247 cm³/mol. The van der Waals surface area contributed by atoms with E-state index in [1.54, 1.807) is 35.9 Å². The number of carbonyl (C=O) groups is 4. The molecule has 19 heteroatoms. The molecule has 2 aromatic heterocycles. The molecule has 2 aromatic carbocycles. The molecule has 3 N–H and O–H groups in total. The van der Waals surface area contributed by atoms with Gasteiger partial charge in [0.2, 0.25) is 17.8 Å². The molecule has 4 amide bonds. The highest BCUT2D eigenvalue weighted by atomic mass is 35.5. The summed E-state index contributed by atoms with van der Waals surface area (Å²) in [5, 5.41) is 9.25. The molecule has 4 aliphatic heterocycles. The number of benzene rings is 2. The Labute approximate surface area is 386 Å². The van der Waals surface area contributed by atoms with Crippen LogP contribution in [-0.2, 0) is 19.1 Å². The summed E-state index contributed by atoms with van der Waals surface area (Å²) in [7, 11) is 1.51. The number of amides is 4. The number of halogens is 2. The summed E-state index contributed by atoms with van der Waals surface area (Å²) in [6.45, 7) is 11.1. The van der Waals surface area contributed by atoms with Crippen LogP contribution in [0.5, 0.6) is 5.75 Å². The zero-order chi connectivity index (χ0) is 46.6. The van der Waals surface area contributed by atoms with Crippen LogP contribution in [0.15, 0.2) is 47.4 Å². The maximum Gasteiger partial charge on any atom is 0.293 e. The maximum absolute atomic E-state index is 16.4. The Morgan fingerprint density at radius 2 is 1.77 bits per heavy atom. The number of aromatic nitrogens is 3. The van der Waals surface area contributed by atoms with E-state index in [0.29, 0.717) is 46.3 Å². The first-order valence-corrected chi connectivity index (χ1v) is 23.3. The normalized spacial score (nSPS) is 23.8. The first kappa shape index (κ1) is 45.3. The van der Waals surface area contributed by atoms with Gasteiger partial charge in [-0.05, 0) is 96.2 Å². The van der Waals surface area contributed by atoms with Crippen molar-refractivity contribution >= 4 is 69.3 Å². The van der Waals surface area contributed by atoms with Crippen LogP contribution in [0.4, 0.5) is 27.5 Å². The first-order valence-electron chi connectivity index (χ1n) is 22.9. The summed E-state index contributed by atoms with van der Waals surface area (Å²) in [4.78, 5) is 80.4. The number of likely N-dealkylation sites (N-methyl/N-ethyl adjacent to an activating group) is 1. The van der Waals surface area contributed by atoms with Crippen LogP contribution in [0, 0.1) is 5.82 Å².